The predicted molar refractivity (Wildman–Crippen MR) is 92.1 cm³/mol. The number of β-amino-alcohol motifs (C(OH)–C–C–N with tert-alkyl or cyclic N) is 1. The van der Waals surface area contributed by atoms with Gasteiger partial charge in [-0.25, -0.2) is 0 Å². The molecule has 1 aliphatic rings. The van der Waals surface area contributed by atoms with Crippen LogP contribution in [0.15, 0.2) is 0 Å². The Labute approximate surface area is 153 Å². The topological polar surface area (TPSA) is 179 Å². The van der Waals surface area contributed by atoms with Gasteiger partial charge < -0.3 is 30.3 Å². The first-order valence-corrected chi connectivity index (χ1v) is 9.81. The number of nitrogens with zero attached hydrogens (tertiary/aromatic N) is 2. The number of carbonyl (C=O) groups is 1. The first kappa shape index (κ1) is 25.3. The molecule has 0 bridgehead atoms. The lowest BCUT2D eigenvalue weighted by atomic mass is 10.1. The summed E-state index contributed by atoms with van der Waals surface area (Å²) in [5.41, 5.74) is 0. The molecule has 156 valence electrons. The van der Waals surface area contributed by atoms with Crippen molar-refractivity contribution in [2.75, 3.05) is 51.6 Å². The molecule has 12 heteroatoms. The van der Waals surface area contributed by atoms with Crippen molar-refractivity contribution in [3.8, 4) is 0 Å². The number of aliphatic hydroxyl groups excluding tert-OH is 5. The Morgan fingerprint density at radius 3 is 1.77 bits per heavy atom. The zero-order valence-corrected chi connectivity index (χ0v) is 15.6. The lowest BCUT2D eigenvalue weighted by Crippen LogP contribution is -2.48. The van der Waals surface area contributed by atoms with Crippen LogP contribution in [0.4, 0.5) is 0 Å². The van der Waals surface area contributed by atoms with E-state index in [1.807, 2.05) is 4.90 Å². The highest BCUT2D eigenvalue weighted by Gasteiger charge is 2.27. The van der Waals surface area contributed by atoms with Crippen LogP contribution in [0, 0.1) is 0 Å². The highest BCUT2D eigenvalue weighted by Crippen LogP contribution is 2.03. The van der Waals surface area contributed by atoms with Crippen LogP contribution < -0.4 is 0 Å². The fraction of sp³-hybridized carbons (Fsp3) is 0.929. The van der Waals surface area contributed by atoms with Gasteiger partial charge in [0, 0.05) is 39.3 Å². The molecule has 0 aromatic carbocycles. The van der Waals surface area contributed by atoms with Crippen LogP contribution in [0.2, 0.25) is 0 Å². The summed E-state index contributed by atoms with van der Waals surface area (Å²) in [5.74, 6) is -0.201. The Balaban J connectivity index is 0.000000508. The monoisotopic (exact) mass is 402 g/mol. The van der Waals surface area contributed by atoms with Crippen molar-refractivity contribution in [3.63, 3.8) is 0 Å². The van der Waals surface area contributed by atoms with Gasteiger partial charge in [-0.3, -0.25) is 14.4 Å². The zero-order chi connectivity index (χ0) is 20.3. The van der Waals surface area contributed by atoms with E-state index in [4.69, 9.17) is 30.1 Å². The molecule has 0 aliphatic carbocycles. The molecular formula is C14H30N2O9S. The van der Waals surface area contributed by atoms with Crippen molar-refractivity contribution in [1.29, 1.82) is 0 Å². The van der Waals surface area contributed by atoms with E-state index in [2.05, 4.69) is 4.90 Å². The molecule has 0 aromatic heterocycles. The minimum atomic E-state index is -3.84. The van der Waals surface area contributed by atoms with Crippen LogP contribution in [0.1, 0.15) is 6.92 Å². The standard InChI is InChI=1S/C8H18N2O4S.C6H12O5/c11-7-5-9-1-3-10(4-2-9)6-8-15(12,13)14;1-3(8)5(10)6(11)4(9)2-7/h11H,1-8H2,(H,12,13,14);2-6,8-11H,1H3/t;3-,4-,5-,6-/m.0/s1. The summed E-state index contributed by atoms with van der Waals surface area (Å²) in [6.45, 7) is 5.71. The summed E-state index contributed by atoms with van der Waals surface area (Å²) in [6, 6.07) is 0. The molecule has 1 fully saturated rings. The molecule has 0 saturated carbocycles. The molecule has 1 heterocycles. The van der Waals surface area contributed by atoms with Crippen LogP contribution >= 0.6 is 0 Å². The van der Waals surface area contributed by atoms with Gasteiger partial charge in [-0.2, -0.15) is 8.42 Å². The van der Waals surface area contributed by atoms with E-state index in [1.165, 1.54) is 6.92 Å². The third-order valence-corrected chi connectivity index (χ3v) is 4.58. The first-order valence-electron chi connectivity index (χ1n) is 8.20. The molecule has 26 heavy (non-hydrogen) atoms. The molecule has 1 rings (SSSR count). The van der Waals surface area contributed by atoms with E-state index in [-0.39, 0.29) is 18.6 Å². The van der Waals surface area contributed by atoms with Crippen LogP contribution in [0.5, 0.6) is 0 Å². The molecule has 11 nitrogen and oxygen atoms in total. The van der Waals surface area contributed by atoms with E-state index < -0.39 is 34.5 Å². The van der Waals surface area contributed by atoms with Crippen LogP contribution in [-0.2, 0) is 14.9 Å². The van der Waals surface area contributed by atoms with Crippen LogP contribution in [-0.4, -0.2) is 131 Å². The maximum absolute atomic E-state index is 10.5. The van der Waals surface area contributed by atoms with Crippen LogP contribution in [0.3, 0.4) is 0 Å². The quantitative estimate of drug-likeness (QED) is 0.164. The van der Waals surface area contributed by atoms with Gasteiger partial charge in [0.25, 0.3) is 10.1 Å². The number of hydrogen-bond acceptors (Lipinski definition) is 10. The number of rotatable bonds is 9. The molecule has 1 aliphatic heterocycles. The van der Waals surface area contributed by atoms with Gasteiger partial charge in [-0.15, -0.1) is 0 Å². The Hall–Kier alpha value is -0.700. The molecule has 0 unspecified atom stereocenters. The Morgan fingerprint density at radius 1 is 0.962 bits per heavy atom. The van der Waals surface area contributed by atoms with Crippen molar-refractivity contribution in [3.05, 3.63) is 0 Å². The first-order chi connectivity index (χ1) is 12.0. The molecule has 6 N–H and O–H groups in total. The van der Waals surface area contributed by atoms with Gasteiger partial charge in [-0.1, -0.05) is 0 Å². The maximum atomic E-state index is 10.5. The minimum absolute atomic E-state index is 0.0935. The summed E-state index contributed by atoms with van der Waals surface area (Å²) < 4.78 is 29.6. The minimum Gasteiger partial charge on any atom is -0.395 e. The van der Waals surface area contributed by atoms with E-state index >= 15 is 0 Å². The molecule has 1 saturated heterocycles. The van der Waals surface area contributed by atoms with Gasteiger partial charge in [0.15, 0.2) is 6.29 Å². The summed E-state index contributed by atoms with van der Waals surface area (Å²) in [5, 5.41) is 43.8. The number of carbonyl (C=O) groups excluding carboxylic acids is 1. The average Bonchev–Trinajstić information content (AvgIpc) is 2.59. The highest BCUT2D eigenvalue weighted by atomic mass is 32.2. The largest absolute Gasteiger partial charge is 0.395 e. The Kier molecular flexibility index (Phi) is 12.3. The normalized spacial score (nSPS) is 21.2. The fourth-order valence-electron chi connectivity index (χ4n) is 2.19. The third-order valence-electron chi connectivity index (χ3n) is 3.88. The van der Waals surface area contributed by atoms with Crippen molar-refractivity contribution < 1.29 is 43.3 Å². The SMILES string of the molecule is C[C@H](O)[C@H](O)[C@@H](O)[C@@H](O)C=O.O=S(=O)(O)CCN1CCN(CCO)CC1. The number of hydrogen-bond donors (Lipinski definition) is 6. The molecule has 0 spiro atoms. The van der Waals surface area contributed by atoms with E-state index in [0.29, 0.717) is 13.1 Å². The second-order valence-corrected chi connectivity index (χ2v) is 7.61. The number of aldehydes is 1. The fourth-order valence-corrected chi connectivity index (χ4v) is 2.68. The molecule has 0 amide bonds. The second kappa shape index (κ2) is 12.6. The molecule has 4 atom stereocenters. The number of piperazine rings is 1. The van der Waals surface area contributed by atoms with Crippen molar-refractivity contribution >= 4 is 16.4 Å². The van der Waals surface area contributed by atoms with Gasteiger partial charge >= 0.3 is 0 Å². The predicted octanol–water partition coefficient (Wildman–Crippen LogP) is -3.87. The molecule has 0 radical (unpaired) electrons. The smallest absolute Gasteiger partial charge is 0.266 e. The highest BCUT2D eigenvalue weighted by molar-refractivity contribution is 7.85. The van der Waals surface area contributed by atoms with Gasteiger partial charge in [-0.05, 0) is 6.92 Å². The molecule has 0 aromatic rings. The van der Waals surface area contributed by atoms with Crippen molar-refractivity contribution in [2.24, 2.45) is 0 Å². The summed E-state index contributed by atoms with van der Waals surface area (Å²) in [7, 11) is -3.84. The van der Waals surface area contributed by atoms with Gasteiger partial charge in [0.1, 0.15) is 18.3 Å². The van der Waals surface area contributed by atoms with Crippen LogP contribution in [0.25, 0.3) is 0 Å². The lowest BCUT2D eigenvalue weighted by Gasteiger charge is -2.33. The second-order valence-electron chi connectivity index (χ2n) is 6.04. The third kappa shape index (κ3) is 11.1. The average molecular weight is 402 g/mol. The lowest BCUT2D eigenvalue weighted by molar-refractivity contribution is -0.132. The van der Waals surface area contributed by atoms with E-state index in [9.17, 15) is 13.2 Å². The van der Waals surface area contributed by atoms with Gasteiger partial charge in [0.2, 0.25) is 0 Å². The summed E-state index contributed by atoms with van der Waals surface area (Å²) in [4.78, 5) is 14.0. The van der Waals surface area contributed by atoms with Crippen molar-refractivity contribution in [1.82, 2.24) is 9.80 Å². The Morgan fingerprint density at radius 2 is 1.42 bits per heavy atom. The number of aliphatic hydroxyl groups is 5. The summed E-state index contributed by atoms with van der Waals surface area (Å²) in [6.07, 6.45) is -5.88. The maximum Gasteiger partial charge on any atom is 0.266 e. The van der Waals surface area contributed by atoms with Crippen molar-refractivity contribution in [2.45, 2.75) is 31.3 Å². The zero-order valence-electron chi connectivity index (χ0n) is 14.8. The van der Waals surface area contributed by atoms with E-state index in [1.54, 1.807) is 0 Å². The molecular weight excluding hydrogens is 372 g/mol. The van der Waals surface area contributed by atoms with Gasteiger partial charge in [0.05, 0.1) is 18.5 Å². The van der Waals surface area contributed by atoms with E-state index in [0.717, 1.165) is 26.2 Å². The summed E-state index contributed by atoms with van der Waals surface area (Å²) >= 11 is 0. The Bertz CT molecular complexity index is 481.